The number of halogens is 1. The third kappa shape index (κ3) is 3.14. The van der Waals surface area contributed by atoms with Gasteiger partial charge in [0.2, 0.25) is 0 Å². The van der Waals surface area contributed by atoms with Crippen LogP contribution < -0.4 is 11.1 Å². The fourth-order valence-electron chi connectivity index (χ4n) is 3.65. The van der Waals surface area contributed by atoms with Gasteiger partial charge in [-0.15, -0.1) is 0 Å². The first-order valence-corrected chi connectivity index (χ1v) is 8.96. The summed E-state index contributed by atoms with van der Waals surface area (Å²) in [6.07, 6.45) is 7.30. The van der Waals surface area contributed by atoms with Crippen molar-refractivity contribution in [3.63, 3.8) is 0 Å². The quantitative estimate of drug-likeness (QED) is 0.657. The zero-order valence-electron chi connectivity index (χ0n) is 14.4. The molecule has 1 aromatic carbocycles. The molecular weight excluding hydrogens is 331 g/mol. The summed E-state index contributed by atoms with van der Waals surface area (Å²) in [5, 5.41) is 4.35. The van der Waals surface area contributed by atoms with Gasteiger partial charge in [-0.25, -0.2) is 9.37 Å². The van der Waals surface area contributed by atoms with Crippen LogP contribution in [0.15, 0.2) is 36.5 Å². The lowest BCUT2D eigenvalue weighted by Crippen LogP contribution is -2.25. The molecule has 1 amide bonds. The van der Waals surface area contributed by atoms with Crippen LogP contribution in [0.4, 0.5) is 10.1 Å². The Morgan fingerprint density at radius 1 is 1.19 bits per heavy atom. The number of anilines is 1. The Balaban J connectivity index is 1.79. The van der Waals surface area contributed by atoms with Crippen molar-refractivity contribution >= 4 is 22.6 Å². The fourth-order valence-corrected chi connectivity index (χ4v) is 3.65. The van der Waals surface area contributed by atoms with Crippen molar-refractivity contribution in [3.8, 4) is 11.3 Å². The normalized spacial score (nSPS) is 15.3. The van der Waals surface area contributed by atoms with Crippen molar-refractivity contribution in [1.29, 1.82) is 0 Å². The largest absolute Gasteiger partial charge is 0.381 e. The maximum absolute atomic E-state index is 13.2. The Kier molecular flexibility index (Phi) is 4.32. The summed E-state index contributed by atoms with van der Waals surface area (Å²) in [4.78, 5) is 19.5. The molecule has 0 spiro atoms. The molecule has 1 aliphatic carbocycles. The predicted octanol–water partition coefficient (Wildman–Crippen LogP) is 4.21. The summed E-state index contributed by atoms with van der Waals surface area (Å²) in [6, 6.07) is 8.53. The highest BCUT2D eigenvalue weighted by Crippen LogP contribution is 2.32. The monoisotopic (exact) mass is 352 g/mol. The number of nitrogens with one attached hydrogen (secondary N) is 2. The molecule has 5 nitrogen and oxygen atoms in total. The molecule has 6 heteroatoms. The minimum absolute atomic E-state index is 0.279. The van der Waals surface area contributed by atoms with Crippen molar-refractivity contribution in [2.75, 3.05) is 5.32 Å². The average molecular weight is 352 g/mol. The minimum atomic E-state index is -0.498. The van der Waals surface area contributed by atoms with Gasteiger partial charge < -0.3 is 16.0 Å². The van der Waals surface area contributed by atoms with Crippen molar-refractivity contribution in [1.82, 2.24) is 9.97 Å². The SMILES string of the molecule is NC(=O)c1cnc2[nH]c(-c3ccc(F)cc3)cc2c1NC1CCCCC1. The number of aromatic nitrogens is 2. The van der Waals surface area contributed by atoms with Gasteiger partial charge in [0.05, 0.1) is 11.3 Å². The Labute approximate surface area is 150 Å². The molecule has 1 saturated carbocycles. The van der Waals surface area contributed by atoms with Crippen LogP contribution in [0, 0.1) is 5.82 Å². The highest BCUT2D eigenvalue weighted by molar-refractivity contribution is 6.07. The Bertz CT molecular complexity index is 942. The summed E-state index contributed by atoms with van der Waals surface area (Å²) in [5.74, 6) is -0.777. The summed E-state index contributed by atoms with van der Waals surface area (Å²) in [6.45, 7) is 0. The van der Waals surface area contributed by atoms with Gasteiger partial charge in [0.15, 0.2) is 0 Å². The second-order valence-corrected chi connectivity index (χ2v) is 6.84. The molecule has 2 aromatic heterocycles. The fraction of sp³-hybridized carbons (Fsp3) is 0.300. The number of carbonyl (C=O) groups is 1. The van der Waals surface area contributed by atoms with E-state index < -0.39 is 5.91 Å². The third-order valence-corrected chi connectivity index (χ3v) is 5.03. The minimum Gasteiger partial charge on any atom is -0.381 e. The first-order valence-electron chi connectivity index (χ1n) is 8.96. The number of primary amides is 1. The lowest BCUT2D eigenvalue weighted by atomic mass is 9.95. The second-order valence-electron chi connectivity index (χ2n) is 6.84. The van der Waals surface area contributed by atoms with Gasteiger partial charge in [0.25, 0.3) is 5.91 Å². The van der Waals surface area contributed by atoms with Crippen LogP contribution >= 0.6 is 0 Å². The number of hydrogen-bond donors (Lipinski definition) is 3. The molecule has 1 fully saturated rings. The van der Waals surface area contributed by atoms with E-state index in [9.17, 15) is 9.18 Å². The van der Waals surface area contributed by atoms with Gasteiger partial charge in [-0.3, -0.25) is 4.79 Å². The zero-order chi connectivity index (χ0) is 18.1. The van der Waals surface area contributed by atoms with E-state index in [1.54, 1.807) is 12.1 Å². The number of H-pyrrole nitrogens is 1. The van der Waals surface area contributed by atoms with Crippen molar-refractivity contribution in [2.45, 2.75) is 38.1 Å². The number of amides is 1. The van der Waals surface area contributed by atoms with E-state index in [0.29, 0.717) is 17.3 Å². The average Bonchev–Trinajstić information content (AvgIpc) is 3.08. The van der Waals surface area contributed by atoms with Crippen LogP contribution in [0.3, 0.4) is 0 Å². The first-order chi connectivity index (χ1) is 12.6. The van der Waals surface area contributed by atoms with Gasteiger partial charge in [0.1, 0.15) is 11.5 Å². The Hall–Kier alpha value is -2.89. The maximum Gasteiger partial charge on any atom is 0.252 e. The molecule has 3 aromatic rings. The molecule has 0 atom stereocenters. The maximum atomic E-state index is 13.2. The van der Waals surface area contributed by atoms with Crippen LogP contribution in [0.25, 0.3) is 22.3 Å². The van der Waals surface area contributed by atoms with Crippen molar-refractivity contribution < 1.29 is 9.18 Å². The smallest absolute Gasteiger partial charge is 0.252 e. The van der Waals surface area contributed by atoms with Gasteiger partial charge in [-0.2, -0.15) is 0 Å². The summed E-state index contributed by atoms with van der Waals surface area (Å²) < 4.78 is 13.2. The molecule has 26 heavy (non-hydrogen) atoms. The lowest BCUT2D eigenvalue weighted by molar-refractivity contribution is 0.100. The van der Waals surface area contributed by atoms with E-state index in [0.717, 1.165) is 35.2 Å². The van der Waals surface area contributed by atoms with Crippen LogP contribution in [0.2, 0.25) is 0 Å². The molecular formula is C20H21FN4O. The number of pyridine rings is 1. The number of hydrogen-bond acceptors (Lipinski definition) is 3. The van der Waals surface area contributed by atoms with E-state index in [1.807, 2.05) is 6.07 Å². The molecule has 0 aliphatic heterocycles. The van der Waals surface area contributed by atoms with E-state index in [4.69, 9.17) is 5.73 Å². The van der Waals surface area contributed by atoms with E-state index in [-0.39, 0.29) is 5.82 Å². The number of carbonyl (C=O) groups excluding carboxylic acids is 1. The molecule has 1 aliphatic rings. The van der Waals surface area contributed by atoms with Gasteiger partial charge in [-0.05, 0) is 48.7 Å². The summed E-state index contributed by atoms with van der Waals surface area (Å²) in [7, 11) is 0. The van der Waals surface area contributed by atoms with Crippen molar-refractivity contribution in [2.24, 2.45) is 5.73 Å². The van der Waals surface area contributed by atoms with Crippen LogP contribution in [0.5, 0.6) is 0 Å². The van der Waals surface area contributed by atoms with Crippen LogP contribution in [-0.4, -0.2) is 21.9 Å². The number of rotatable bonds is 4. The molecule has 0 unspecified atom stereocenters. The number of fused-ring (bicyclic) bond motifs is 1. The predicted molar refractivity (Wildman–Crippen MR) is 101 cm³/mol. The number of benzene rings is 1. The molecule has 4 N–H and O–H groups in total. The number of nitrogens with two attached hydrogens (primary N) is 1. The number of aromatic amines is 1. The van der Waals surface area contributed by atoms with Crippen LogP contribution in [-0.2, 0) is 0 Å². The summed E-state index contributed by atoms with van der Waals surface area (Å²) >= 11 is 0. The Morgan fingerprint density at radius 2 is 1.92 bits per heavy atom. The van der Waals surface area contributed by atoms with E-state index in [2.05, 4.69) is 15.3 Å². The highest BCUT2D eigenvalue weighted by Gasteiger charge is 2.20. The standard InChI is InChI=1S/C20H21FN4O/c21-13-8-6-12(7-9-13)17-10-15-18(24-14-4-2-1-3-5-14)16(19(22)26)11-23-20(15)25-17/h6-11,14H,1-5H2,(H2,22,26)(H2,23,24,25). The molecule has 134 valence electrons. The molecule has 0 saturated heterocycles. The molecule has 4 rings (SSSR count). The third-order valence-electron chi connectivity index (χ3n) is 5.03. The van der Waals surface area contributed by atoms with E-state index >= 15 is 0 Å². The zero-order valence-corrected chi connectivity index (χ0v) is 14.4. The highest BCUT2D eigenvalue weighted by atomic mass is 19.1. The van der Waals surface area contributed by atoms with Crippen LogP contribution in [0.1, 0.15) is 42.5 Å². The lowest BCUT2D eigenvalue weighted by Gasteiger charge is -2.25. The number of nitrogens with zero attached hydrogens (tertiary/aromatic N) is 1. The van der Waals surface area contributed by atoms with Gasteiger partial charge >= 0.3 is 0 Å². The molecule has 0 radical (unpaired) electrons. The van der Waals surface area contributed by atoms with Gasteiger partial charge in [0, 0.05) is 23.3 Å². The van der Waals surface area contributed by atoms with Crippen molar-refractivity contribution in [3.05, 3.63) is 47.9 Å². The van der Waals surface area contributed by atoms with E-state index in [1.165, 1.54) is 37.6 Å². The Morgan fingerprint density at radius 3 is 2.62 bits per heavy atom. The topological polar surface area (TPSA) is 83.8 Å². The molecule has 2 heterocycles. The summed E-state index contributed by atoms with van der Waals surface area (Å²) in [5.41, 5.74) is 9.05. The second kappa shape index (κ2) is 6.78. The first kappa shape index (κ1) is 16.6. The van der Waals surface area contributed by atoms with Gasteiger partial charge in [-0.1, -0.05) is 19.3 Å². The molecule has 0 bridgehead atoms.